The summed E-state index contributed by atoms with van der Waals surface area (Å²) in [6, 6.07) is 13.9. The number of carboxylic acids is 1. The number of rotatable bonds is 8. The van der Waals surface area contributed by atoms with Crippen molar-refractivity contribution >= 4 is 5.97 Å². The number of hydrogen-bond donors (Lipinski definition) is 1. The van der Waals surface area contributed by atoms with E-state index in [1.807, 2.05) is 36.2 Å². The topological polar surface area (TPSA) is 49.8 Å². The van der Waals surface area contributed by atoms with Gasteiger partial charge in [-0.25, -0.2) is 4.39 Å². The van der Waals surface area contributed by atoms with Gasteiger partial charge >= 0.3 is 5.97 Å². The van der Waals surface area contributed by atoms with Gasteiger partial charge in [0, 0.05) is 13.1 Å². The van der Waals surface area contributed by atoms with E-state index in [0.717, 1.165) is 16.9 Å². The first-order chi connectivity index (χ1) is 11.4. The monoisotopic (exact) mass is 331 g/mol. The summed E-state index contributed by atoms with van der Waals surface area (Å²) >= 11 is 0. The van der Waals surface area contributed by atoms with E-state index in [2.05, 4.69) is 0 Å². The SMILES string of the molecule is CC(CN(C)Cc1ccc(OCc2ccc(F)cc2)cc1)C(=O)O. The minimum Gasteiger partial charge on any atom is -0.489 e. The van der Waals surface area contributed by atoms with Gasteiger partial charge in [-0.1, -0.05) is 31.2 Å². The van der Waals surface area contributed by atoms with E-state index < -0.39 is 11.9 Å². The first-order valence-corrected chi connectivity index (χ1v) is 7.81. The number of hydrogen-bond acceptors (Lipinski definition) is 3. The molecule has 2 aromatic carbocycles. The Bertz CT molecular complexity index is 655. The van der Waals surface area contributed by atoms with Crippen molar-refractivity contribution in [2.24, 2.45) is 5.92 Å². The molecule has 0 aliphatic rings. The largest absolute Gasteiger partial charge is 0.489 e. The standard InChI is InChI=1S/C19H22FNO3/c1-14(19(22)23)11-21(2)12-15-5-9-18(10-6-15)24-13-16-3-7-17(20)8-4-16/h3-10,14H,11-13H2,1-2H3,(H,22,23). The average Bonchev–Trinajstić information content (AvgIpc) is 2.55. The molecule has 2 aromatic rings. The molecular formula is C19H22FNO3. The molecule has 0 aliphatic heterocycles. The first kappa shape index (κ1) is 17.9. The van der Waals surface area contributed by atoms with Crippen LogP contribution in [0.2, 0.25) is 0 Å². The fourth-order valence-corrected chi connectivity index (χ4v) is 2.36. The van der Waals surface area contributed by atoms with E-state index in [0.29, 0.717) is 19.7 Å². The smallest absolute Gasteiger partial charge is 0.307 e. The zero-order chi connectivity index (χ0) is 17.5. The van der Waals surface area contributed by atoms with Crippen molar-refractivity contribution < 1.29 is 19.0 Å². The highest BCUT2D eigenvalue weighted by molar-refractivity contribution is 5.69. The molecule has 0 spiro atoms. The normalized spacial score (nSPS) is 12.2. The minimum atomic E-state index is -0.786. The summed E-state index contributed by atoms with van der Waals surface area (Å²) in [7, 11) is 1.90. The average molecular weight is 331 g/mol. The summed E-state index contributed by atoms with van der Waals surface area (Å²) < 4.78 is 18.5. The van der Waals surface area contributed by atoms with Crippen LogP contribution in [0, 0.1) is 11.7 Å². The fraction of sp³-hybridized carbons (Fsp3) is 0.316. The summed E-state index contributed by atoms with van der Waals surface area (Å²) in [4.78, 5) is 12.9. The van der Waals surface area contributed by atoms with Gasteiger partial charge in [0.15, 0.2) is 0 Å². The molecule has 128 valence electrons. The minimum absolute atomic E-state index is 0.260. The number of benzene rings is 2. The van der Waals surface area contributed by atoms with Crippen molar-refractivity contribution in [1.82, 2.24) is 4.90 Å². The lowest BCUT2D eigenvalue weighted by Crippen LogP contribution is -2.28. The molecule has 0 radical (unpaired) electrons. The predicted octanol–water partition coefficient (Wildman–Crippen LogP) is 3.56. The Kier molecular flexibility index (Phi) is 6.32. The molecule has 1 unspecified atom stereocenters. The van der Waals surface area contributed by atoms with Crippen LogP contribution in [0.25, 0.3) is 0 Å². The molecular weight excluding hydrogens is 309 g/mol. The number of halogens is 1. The van der Waals surface area contributed by atoms with Crippen LogP contribution in [0.1, 0.15) is 18.1 Å². The van der Waals surface area contributed by atoms with Crippen LogP contribution in [0.15, 0.2) is 48.5 Å². The molecule has 0 amide bonds. The lowest BCUT2D eigenvalue weighted by atomic mass is 10.1. The van der Waals surface area contributed by atoms with Crippen molar-refractivity contribution in [3.63, 3.8) is 0 Å². The second kappa shape index (κ2) is 8.45. The van der Waals surface area contributed by atoms with Crippen molar-refractivity contribution in [2.45, 2.75) is 20.1 Å². The number of aliphatic carboxylic acids is 1. The van der Waals surface area contributed by atoms with Crippen molar-refractivity contribution in [1.29, 1.82) is 0 Å². The van der Waals surface area contributed by atoms with E-state index in [1.54, 1.807) is 19.1 Å². The summed E-state index contributed by atoms with van der Waals surface area (Å²) in [5.41, 5.74) is 1.99. The van der Waals surface area contributed by atoms with Gasteiger partial charge < -0.3 is 14.7 Å². The van der Waals surface area contributed by atoms with Gasteiger partial charge in [0.25, 0.3) is 0 Å². The molecule has 0 bridgehead atoms. The van der Waals surface area contributed by atoms with Crippen molar-refractivity contribution in [3.8, 4) is 5.75 Å². The van der Waals surface area contributed by atoms with Crippen molar-refractivity contribution in [3.05, 3.63) is 65.5 Å². The van der Waals surface area contributed by atoms with Crippen LogP contribution < -0.4 is 4.74 Å². The molecule has 0 fully saturated rings. The second-order valence-corrected chi connectivity index (χ2v) is 6.00. The Balaban J connectivity index is 1.84. The van der Waals surface area contributed by atoms with Crippen molar-refractivity contribution in [2.75, 3.05) is 13.6 Å². The van der Waals surface area contributed by atoms with Gasteiger partial charge in [-0.15, -0.1) is 0 Å². The third kappa shape index (κ3) is 5.66. The Hall–Kier alpha value is -2.40. The molecule has 0 aromatic heterocycles. The van der Waals surface area contributed by atoms with E-state index in [9.17, 15) is 9.18 Å². The highest BCUT2D eigenvalue weighted by Gasteiger charge is 2.13. The van der Waals surface area contributed by atoms with Gasteiger partial charge in [0.1, 0.15) is 18.2 Å². The van der Waals surface area contributed by atoms with Gasteiger partial charge in [-0.2, -0.15) is 0 Å². The van der Waals surface area contributed by atoms with Crippen LogP contribution in [0.4, 0.5) is 4.39 Å². The molecule has 1 N–H and O–H groups in total. The van der Waals surface area contributed by atoms with Gasteiger partial charge in [-0.05, 0) is 42.4 Å². The molecule has 5 heteroatoms. The van der Waals surface area contributed by atoms with Crippen LogP contribution in [0.5, 0.6) is 5.75 Å². The van der Waals surface area contributed by atoms with Crippen LogP contribution in [0.3, 0.4) is 0 Å². The van der Waals surface area contributed by atoms with Gasteiger partial charge in [-0.3, -0.25) is 4.79 Å². The Morgan fingerprint density at radius 1 is 1.12 bits per heavy atom. The zero-order valence-corrected chi connectivity index (χ0v) is 13.9. The maximum Gasteiger partial charge on any atom is 0.307 e. The fourth-order valence-electron chi connectivity index (χ4n) is 2.36. The van der Waals surface area contributed by atoms with Gasteiger partial charge in [0.05, 0.1) is 5.92 Å². The number of ether oxygens (including phenoxy) is 1. The Morgan fingerprint density at radius 3 is 2.29 bits per heavy atom. The van der Waals surface area contributed by atoms with Gasteiger partial charge in [0.2, 0.25) is 0 Å². The molecule has 4 nitrogen and oxygen atoms in total. The highest BCUT2D eigenvalue weighted by atomic mass is 19.1. The number of carboxylic acid groups (broad SMARTS) is 1. The quantitative estimate of drug-likeness (QED) is 0.803. The number of carbonyl (C=O) groups is 1. The first-order valence-electron chi connectivity index (χ1n) is 7.81. The molecule has 0 heterocycles. The van der Waals surface area contributed by atoms with Crippen LogP contribution in [-0.2, 0) is 17.9 Å². The molecule has 1 atom stereocenters. The highest BCUT2D eigenvalue weighted by Crippen LogP contribution is 2.16. The Labute approximate surface area is 141 Å². The molecule has 0 aliphatic carbocycles. The summed E-state index contributed by atoms with van der Waals surface area (Å²) in [5, 5.41) is 8.94. The van der Waals surface area contributed by atoms with E-state index >= 15 is 0 Å². The predicted molar refractivity (Wildman–Crippen MR) is 90.3 cm³/mol. The third-order valence-electron chi connectivity index (χ3n) is 3.70. The summed E-state index contributed by atoms with van der Waals surface area (Å²) in [5.74, 6) is -0.700. The summed E-state index contributed by atoms with van der Waals surface area (Å²) in [6.07, 6.45) is 0. The van der Waals surface area contributed by atoms with Crippen LogP contribution >= 0.6 is 0 Å². The zero-order valence-electron chi connectivity index (χ0n) is 13.9. The second-order valence-electron chi connectivity index (χ2n) is 6.00. The van der Waals surface area contributed by atoms with E-state index in [1.165, 1.54) is 12.1 Å². The van der Waals surface area contributed by atoms with Crippen LogP contribution in [-0.4, -0.2) is 29.6 Å². The molecule has 24 heavy (non-hydrogen) atoms. The maximum atomic E-state index is 12.8. The number of nitrogens with zero attached hydrogens (tertiary/aromatic N) is 1. The van der Waals surface area contributed by atoms with E-state index in [4.69, 9.17) is 9.84 Å². The lowest BCUT2D eigenvalue weighted by Gasteiger charge is -2.19. The lowest BCUT2D eigenvalue weighted by molar-refractivity contribution is -0.141. The maximum absolute atomic E-state index is 12.8. The summed E-state index contributed by atoms with van der Waals surface area (Å²) in [6.45, 7) is 3.26. The molecule has 0 saturated carbocycles. The molecule has 2 rings (SSSR count). The van der Waals surface area contributed by atoms with E-state index in [-0.39, 0.29) is 5.82 Å². The molecule has 0 saturated heterocycles. The Morgan fingerprint density at radius 2 is 1.71 bits per heavy atom. The third-order valence-corrected chi connectivity index (χ3v) is 3.70.